The topological polar surface area (TPSA) is 92.2 Å². The predicted molar refractivity (Wildman–Crippen MR) is 123 cm³/mol. The van der Waals surface area contributed by atoms with Crippen molar-refractivity contribution >= 4 is 57.5 Å². The van der Waals surface area contributed by atoms with E-state index < -0.39 is 17.7 Å². The highest BCUT2D eigenvalue weighted by Gasteiger charge is 2.22. The average molecular weight is 461 g/mol. The highest BCUT2D eigenvalue weighted by Crippen LogP contribution is 2.26. The van der Waals surface area contributed by atoms with Crippen molar-refractivity contribution in [1.29, 1.82) is 0 Å². The summed E-state index contributed by atoms with van der Waals surface area (Å²) in [5, 5.41) is 7.02. The van der Waals surface area contributed by atoms with Gasteiger partial charge in [-0.05, 0) is 62.2 Å². The molecule has 3 rings (SSSR count). The molecule has 0 spiro atoms. The predicted octanol–water partition coefficient (Wildman–Crippen LogP) is 4.49. The normalized spacial score (nSPS) is 11.8. The molecule has 0 saturated heterocycles. The first-order chi connectivity index (χ1) is 14.7. The summed E-state index contributed by atoms with van der Waals surface area (Å²) in [5.41, 5.74) is 4.40. The number of rotatable bonds is 5. The van der Waals surface area contributed by atoms with Crippen LogP contribution in [-0.2, 0) is 9.59 Å². The van der Waals surface area contributed by atoms with E-state index in [0.717, 1.165) is 0 Å². The SMILES string of the molecule is CC[C@@H](C)NC(=O)C(=O)Nn1c(C(=O)Nc2cccc(Cl)c2C)cc2cc(Cl)ccc21. The van der Waals surface area contributed by atoms with Crippen LogP contribution in [0.2, 0.25) is 10.0 Å². The highest BCUT2D eigenvalue weighted by atomic mass is 35.5. The van der Waals surface area contributed by atoms with Crippen LogP contribution in [0.4, 0.5) is 5.69 Å². The molecule has 3 N–H and O–H groups in total. The number of carbonyl (C=O) groups excluding carboxylic acids is 3. The smallest absolute Gasteiger partial charge is 0.328 e. The zero-order valence-electron chi connectivity index (χ0n) is 17.3. The van der Waals surface area contributed by atoms with Crippen LogP contribution in [0, 0.1) is 6.92 Å². The van der Waals surface area contributed by atoms with Gasteiger partial charge in [-0.1, -0.05) is 36.2 Å². The molecule has 1 heterocycles. The molecule has 9 heteroatoms. The fourth-order valence-electron chi connectivity index (χ4n) is 2.95. The number of fused-ring (bicyclic) bond motifs is 1. The molecule has 162 valence electrons. The summed E-state index contributed by atoms with van der Waals surface area (Å²) < 4.78 is 1.28. The molecular weight excluding hydrogens is 439 g/mol. The molecule has 3 aromatic rings. The van der Waals surface area contributed by atoms with Crippen LogP contribution < -0.4 is 16.1 Å². The molecule has 7 nitrogen and oxygen atoms in total. The van der Waals surface area contributed by atoms with E-state index >= 15 is 0 Å². The number of amides is 3. The second-order valence-electron chi connectivity index (χ2n) is 7.16. The van der Waals surface area contributed by atoms with E-state index in [9.17, 15) is 14.4 Å². The average Bonchev–Trinajstić information content (AvgIpc) is 3.08. The fourth-order valence-corrected chi connectivity index (χ4v) is 3.30. The Kier molecular flexibility index (Phi) is 6.87. The molecule has 2 aromatic carbocycles. The third kappa shape index (κ3) is 5.00. The number of aromatic nitrogens is 1. The number of nitrogens with zero attached hydrogens (tertiary/aromatic N) is 1. The Morgan fingerprint density at radius 2 is 1.81 bits per heavy atom. The Morgan fingerprint density at radius 3 is 2.52 bits per heavy atom. The third-order valence-electron chi connectivity index (χ3n) is 4.92. The van der Waals surface area contributed by atoms with Crippen molar-refractivity contribution in [3.8, 4) is 0 Å². The lowest BCUT2D eigenvalue weighted by atomic mass is 10.2. The summed E-state index contributed by atoms with van der Waals surface area (Å²) in [6.45, 7) is 5.48. The Labute approximate surface area is 189 Å². The number of carbonyl (C=O) groups is 3. The molecule has 0 radical (unpaired) electrons. The molecule has 0 saturated carbocycles. The first kappa shape index (κ1) is 22.7. The van der Waals surface area contributed by atoms with E-state index in [0.29, 0.717) is 38.6 Å². The van der Waals surface area contributed by atoms with E-state index in [1.54, 1.807) is 56.3 Å². The summed E-state index contributed by atoms with van der Waals surface area (Å²) in [7, 11) is 0. The maximum Gasteiger partial charge on any atom is 0.328 e. The lowest BCUT2D eigenvalue weighted by Crippen LogP contribution is -2.43. The van der Waals surface area contributed by atoms with Crippen LogP contribution in [0.1, 0.15) is 36.3 Å². The summed E-state index contributed by atoms with van der Waals surface area (Å²) >= 11 is 12.2. The van der Waals surface area contributed by atoms with E-state index in [-0.39, 0.29) is 11.7 Å². The van der Waals surface area contributed by atoms with Crippen molar-refractivity contribution in [2.75, 3.05) is 10.7 Å². The van der Waals surface area contributed by atoms with Crippen molar-refractivity contribution in [3.63, 3.8) is 0 Å². The summed E-state index contributed by atoms with van der Waals surface area (Å²) in [4.78, 5) is 37.8. The Morgan fingerprint density at radius 1 is 1.06 bits per heavy atom. The summed E-state index contributed by atoms with van der Waals surface area (Å²) in [5.74, 6) is -2.16. The van der Waals surface area contributed by atoms with E-state index in [4.69, 9.17) is 23.2 Å². The molecule has 1 aromatic heterocycles. The van der Waals surface area contributed by atoms with Crippen molar-refractivity contribution in [1.82, 2.24) is 9.99 Å². The first-order valence-corrected chi connectivity index (χ1v) is 10.5. The number of benzene rings is 2. The van der Waals surface area contributed by atoms with Gasteiger partial charge in [0.1, 0.15) is 5.69 Å². The molecular formula is C22H22Cl2N4O3. The molecule has 3 amide bonds. The van der Waals surface area contributed by atoms with Crippen LogP contribution >= 0.6 is 23.2 Å². The number of nitrogens with one attached hydrogen (secondary N) is 3. The lowest BCUT2D eigenvalue weighted by Gasteiger charge is -2.15. The minimum Gasteiger partial charge on any atom is -0.345 e. The largest absolute Gasteiger partial charge is 0.345 e. The minimum absolute atomic E-state index is 0.126. The second-order valence-corrected chi connectivity index (χ2v) is 8.00. The van der Waals surface area contributed by atoms with Gasteiger partial charge in [0.25, 0.3) is 5.91 Å². The zero-order valence-corrected chi connectivity index (χ0v) is 18.8. The Hall–Kier alpha value is -3.03. The standard InChI is InChI=1S/C22H22Cl2N4O3/c1-4-12(2)25-21(30)22(31)27-28-18-9-8-15(23)10-14(18)11-19(28)20(29)26-17-7-5-6-16(24)13(17)3/h5-12H,4H2,1-3H3,(H,25,30)(H,26,29)(H,27,31)/t12-/m1/s1. The van der Waals surface area contributed by atoms with Gasteiger partial charge in [-0.2, -0.15) is 0 Å². The van der Waals surface area contributed by atoms with Gasteiger partial charge in [0, 0.05) is 27.2 Å². The van der Waals surface area contributed by atoms with Crippen LogP contribution in [-0.4, -0.2) is 28.4 Å². The fraction of sp³-hybridized carbons (Fsp3) is 0.227. The number of anilines is 1. The first-order valence-electron chi connectivity index (χ1n) is 9.70. The Balaban J connectivity index is 1.97. The van der Waals surface area contributed by atoms with E-state index in [1.165, 1.54) is 4.68 Å². The quantitative estimate of drug-likeness (QED) is 0.489. The van der Waals surface area contributed by atoms with Gasteiger partial charge < -0.3 is 10.6 Å². The van der Waals surface area contributed by atoms with Crippen LogP contribution in [0.25, 0.3) is 10.9 Å². The molecule has 0 unspecified atom stereocenters. The number of hydrogen-bond acceptors (Lipinski definition) is 3. The molecule has 1 atom stereocenters. The van der Waals surface area contributed by atoms with Crippen molar-refractivity contribution in [2.45, 2.75) is 33.2 Å². The lowest BCUT2D eigenvalue weighted by molar-refractivity contribution is -0.137. The van der Waals surface area contributed by atoms with E-state index in [1.807, 2.05) is 6.92 Å². The Bertz CT molecular complexity index is 1170. The van der Waals surface area contributed by atoms with Crippen LogP contribution in [0.3, 0.4) is 0 Å². The van der Waals surface area contributed by atoms with Crippen molar-refractivity contribution < 1.29 is 14.4 Å². The molecule has 0 aliphatic carbocycles. The van der Waals surface area contributed by atoms with Crippen molar-refractivity contribution in [3.05, 3.63) is 63.8 Å². The molecule has 0 aliphatic heterocycles. The zero-order chi connectivity index (χ0) is 22.7. The monoisotopic (exact) mass is 460 g/mol. The second kappa shape index (κ2) is 9.41. The van der Waals surface area contributed by atoms with Gasteiger partial charge >= 0.3 is 11.8 Å². The molecule has 31 heavy (non-hydrogen) atoms. The maximum absolute atomic E-state index is 13.1. The van der Waals surface area contributed by atoms with Crippen LogP contribution in [0.5, 0.6) is 0 Å². The van der Waals surface area contributed by atoms with Gasteiger partial charge in [0.15, 0.2) is 0 Å². The van der Waals surface area contributed by atoms with Gasteiger partial charge in [0.2, 0.25) is 0 Å². The van der Waals surface area contributed by atoms with Gasteiger partial charge in [-0.15, -0.1) is 0 Å². The van der Waals surface area contributed by atoms with Gasteiger partial charge in [-0.3, -0.25) is 19.8 Å². The van der Waals surface area contributed by atoms with Crippen LogP contribution in [0.15, 0.2) is 42.5 Å². The third-order valence-corrected chi connectivity index (χ3v) is 5.57. The molecule has 0 bridgehead atoms. The van der Waals surface area contributed by atoms with Crippen molar-refractivity contribution in [2.24, 2.45) is 0 Å². The number of hydrogen-bond donors (Lipinski definition) is 3. The molecule has 0 fully saturated rings. The van der Waals surface area contributed by atoms with Gasteiger partial charge in [0.05, 0.1) is 5.52 Å². The summed E-state index contributed by atoms with van der Waals surface area (Å²) in [6.07, 6.45) is 0.677. The van der Waals surface area contributed by atoms with Gasteiger partial charge in [-0.25, -0.2) is 4.68 Å². The molecule has 0 aliphatic rings. The van der Waals surface area contributed by atoms with E-state index in [2.05, 4.69) is 16.1 Å². The number of halogens is 2. The summed E-state index contributed by atoms with van der Waals surface area (Å²) in [6, 6.07) is 11.6. The maximum atomic E-state index is 13.1. The minimum atomic E-state index is -0.888. The highest BCUT2D eigenvalue weighted by molar-refractivity contribution is 6.38.